The van der Waals surface area contributed by atoms with Gasteiger partial charge in [0.05, 0.1) is 24.6 Å². The number of carbonyl (C=O) groups excluding carboxylic acids is 3. The smallest absolute Gasteiger partial charge is 0.229 e. The third kappa shape index (κ3) is 4.95. The van der Waals surface area contributed by atoms with Crippen LogP contribution < -0.4 is 31.3 Å². The predicted molar refractivity (Wildman–Crippen MR) is 120 cm³/mol. The summed E-state index contributed by atoms with van der Waals surface area (Å²) in [4.78, 5) is 38.2. The zero-order valence-corrected chi connectivity index (χ0v) is 18.1. The molecule has 2 aliphatic rings. The number of ether oxygens (including phenoxy) is 1. The molecule has 4 rings (SSSR count). The largest absolute Gasteiger partial charge is 0.494 e. The van der Waals surface area contributed by atoms with Crippen molar-refractivity contribution in [3.8, 4) is 5.75 Å². The van der Waals surface area contributed by atoms with E-state index in [-0.39, 0.29) is 18.2 Å². The minimum absolute atomic E-state index is 0.0779. The van der Waals surface area contributed by atoms with Gasteiger partial charge >= 0.3 is 0 Å². The van der Waals surface area contributed by atoms with Crippen molar-refractivity contribution in [3.05, 3.63) is 53.6 Å². The number of amides is 3. The quantitative estimate of drug-likeness (QED) is 0.451. The number of rotatable bonds is 6. The first-order valence-electron chi connectivity index (χ1n) is 10.3. The lowest BCUT2D eigenvalue weighted by atomic mass is 9.81. The predicted octanol–water partition coefficient (Wildman–Crippen LogP) is 1.87. The van der Waals surface area contributed by atoms with E-state index >= 15 is 0 Å². The van der Waals surface area contributed by atoms with Crippen LogP contribution in [0, 0.1) is 11.8 Å². The summed E-state index contributed by atoms with van der Waals surface area (Å²) in [5, 5.41) is 15.2. The highest BCUT2D eigenvalue weighted by atomic mass is 35.5. The van der Waals surface area contributed by atoms with E-state index in [4.69, 9.17) is 16.3 Å². The maximum atomic E-state index is 13.0. The highest BCUT2D eigenvalue weighted by molar-refractivity contribution is 6.30. The van der Waals surface area contributed by atoms with E-state index in [9.17, 15) is 14.4 Å². The van der Waals surface area contributed by atoms with Crippen molar-refractivity contribution < 1.29 is 19.1 Å². The number of piperidine rings is 1. The molecule has 2 saturated heterocycles. The third-order valence-corrected chi connectivity index (χ3v) is 5.59. The number of carbonyl (C=O) groups is 3. The van der Waals surface area contributed by atoms with Gasteiger partial charge in [0.1, 0.15) is 5.75 Å². The Hall–Kier alpha value is -3.30. The molecule has 2 fully saturated rings. The summed E-state index contributed by atoms with van der Waals surface area (Å²) in [7, 11) is 0. The van der Waals surface area contributed by atoms with Crippen LogP contribution in [0.4, 0.5) is 11.4 Å². The van der Waals surface area contributed by atoms with E-state index in [0.717, 1.165) is 0 Å². The fraction of sp³-hybridized carbons (Fsp3) is 0.318. The fourth-order valence-electron chi connectivity index (χ4n) is 3.93. The first-order valence-corrected chi connectivity index (χ1v) is 10.7. The van der Waals surface area contributed by atoms with Crippen LogP contribution in [0.3, 0.4) is 0 Å². The molecule has 2 aromatic rings. The highest BCUT2D eigenvalue weighted by Gasteiger charge is 2.48. The first kappa shape index (κ1) is 21.9. The zero-order chi connectivity index (χ0) is 22.7. The summed E-state index contributed by atoms with van der Waals surface area (Å²) >= 11 is 6.01. The Morgan fingerprint density at radius 2 is 1.91 bits per heavy atom. The Bertz CT molecular complexity index is 1020. The van der Waals surface area contributed by atoms with Crippen LogP contribution in [-0.2, 0) is 14.4 Å². The van der Waals surface area contributed by atoms with Crippen LogP contribution in [0.1, 0.15) is 13.3 Å². The topological polar surface area (TPSA) is 121 Å². The van der Waals surface area contributed by atoms with Gasteiger partial charge in [-0.3, -0.25) is 19.7 Å². The zero-order valence-electron chi connectivity index (χ0n) is 17.4. The molecule has 2 heterocycles. The van der Waals surface area contributed by atoms with Crippen molar-refractivity contribution in [2.45, 2.75) is 25.8 Å². The number of anilines is 2. The summed E-state index contributed by atoms with van der Waals surface area (Å²) in [6, 6.07) is 14.0. The number of nitrogens with one attached hydrogen (secondary N) is 5. The van der Waals surface area contributed by atoms with Gasteiger partial charge in [-0.25, -0.2) is 0 Å². The molecule has 5 N–H and O–H groups in total. The Morgan fingerprint density at radius 1 is 1.12 bits per heavy atom. The average molecular weight is 458 g/mol. The number of halogens is 1. The van der Waals surface area contributed by atoms with Crippen LogP contribution in [0.25, 0.3) is 0 Å². The molecule has 0 radical (unpaired) electrons. The van der Waals surface area contributed by atoms with Gasteiger partial charge in [-0.2, -0.15) is 0 Å². The fourth-order valence-corrected chi connectivity index (χ4v) is 4.13. The van der Waals surface area contributed by atoms with Crippen molar-refractivity contribution >= 4 is 40.7 Å². The second kappa shape index (κ2) is 9.46. The normalized spacial score (nSPS) is 24.6. The molecule has 10 heteroatoms. The molecular weight excluding hydrogens is 434 g/mol. The maximum absolute atomic E-state index is 13.0. The molecule has 0 bridgehead atoms. The molecule has 32 heavy (non-hydrogen) atoms. The van der Waals surface area contributed by atoms with Gasteiger partial charge in [-0.05, 0) is 49.4 Å². The van der Waals surface area contributed by atoms with E-state index in [1.165, 1.54) is 0 Å². The highest BCUT2D eigenvalue weighted by Crippen LogP contribution is 2.28. The molecule has 0 aliphatic carbocycles. The van der Waals surface area contributed by atoms with Gasteiger partial charge in [-0.1, -0.05) is 17.7 Å². The maximum Gasteiger partial charge on any atom is 0.229 e. The van der Waals surface area contributed by atoms with Crippen LogP contribution >= 0.6 is 11.6 Å². The van der Waals surface area contributed by atoms with E-state index in [0.29, 0.717) is 28.8 Å². The second-order valence-corrected chi connectivity index (χ2v) is 8.03. The van der Waals surface area contributed by atoms with Crippen molar-refractivity contribution in [1.82, 2.24) is 16.0 Å². The Labute approximate surface area is 190 Å². The molecule has 9 nitrogen and oxygen atoms in total. The molecule has 3 amide bonds. The molecule has 4 atom stereocenters. The average Bonchev–Trinajstić information content (AvgIpc) is 2.74. The summed E-state index contributed by atoms with van der Waals surface area (Å²) in [5.74, 6) is -1.91. The lowest BCUT2D eigenvalue weighted by Gasteiger charge is -2.43. The third-order valence-electron chi connectivity index (χ3n) is 5.36. The van der Waals surface area contributed by atoms with Gasteiger partial charge < -0.3 is 26.0 Å². The summed E-state index contributed by atoms with van der Waals surface area (Å²) < 4.78 is 5.40. The van der Waals surface area contributed by atoms with E-state index in [1.807, 2.05) is 6.92 Å². The molecule has 0 aromatic heterocycles. The second-order valence-electron chi connectivity index (χ2n) is 7.59. The van der Waals surface area contributed by atoms with Gasteiger partial charge in [0, 0.05) is 22.8 Å². The van der Waals surface area contributed by atoms with Crippen molar-refractivity contribution in [3.63, 3.8) is 0 Å². The lowest BCUT2D eigenvalue weighted by molar-refractivity contribution is -0.144. The van der Waals surface area contributed by atoms with Crippen LogP contribution in [-0.4, -0.2) is 36.8 Å². The molecule has 0 spiro atoms. The number of hydrogen-bond acceptors (Lipinski definition) is 6. The van der Waals surface area contributed by atoms with Gasteiger partial charge in [0.15, 0.2) is 6.29 Å². The van der Waals surface area contributed by atoms with Gasteiger partial charge in [0.2, 0.25) is 17.7 Å². The van der Waals surface area contributed by atoms with Gasteiger partial charge in [0.25, 0.3) is 0 Å². The molecule has 0 saturated carbocycles. The molecule has 2 aliphatic heterocycles. The standard InChI is InChI=1S/C22H24ClN5O4/c1-2-32-15-8-6-13(7-9-15)24-20(30)16-11-17(29)26-19-18(16)21(31)28-22(27-19)25-14-5-3-4-12(23)10-14/h3-10,16,18-19,22,25,27H,2,11H2,1H3,(H,24,30)(H,26,29)(H,28,31). The number of fused-ring (bicyclic) bond motifs is 1. The monoisotopic (exact) mass is 457 g/mol. The van der Waals surface area contributed by atoms with E-state index in [1.54, 1.807) is 48.5 Å². The minimum Gasteiger partial charge on any atom is -0.494 e. The summed E-state index contributed by atoms with van der Waals surface area (Å²) in [6.07, 6.45) is -1.42. The van der Waals surface area contributed by atoms with E-state index < -0.39 is 30.2 Å². The van der Waals surface area contributed by atoms with Crippen LogP contribution in [0.15, 0.2) is 48.5 Å². The number of hydrogen-bond donors (Lipinski definition) is 5. The molecular formula is C22H24ClN5O4. The van der Waals surface area contributed by atoms with Crippen molar-refractivity contribution in [2.75, 3.05) is 17.2 Å². The SMILES string of the molecule is CCOc1ccc(NC(=O)C2CC(=O)NC3NC(Nc4cccc(Cl)c4)NC(=O)C32)cc1. The Kier molecular flexibility index (Phi) is 6.48. The molecule has 2 aromatic carbocycles. The Morgan fingerprint density at radius 3 is 2.62 bits per heavy atom. The van der Waals surface area contributed by atoms with Crippen LogP contribution in [0.2, 0.25) is 5.02 Å². The minimum atomic E-state index is -0.820. The Balaban J connectivity index is 1.45. The van der Waals surface area contributed by atoms with Gasteiger partial charge in [-0.15, -0.1) is 0 Å². The molecule has 168 valence electrons. The molecule has 4 unspecified atom stereocenters. The lowest BCUT2D eigenvalue weighted by Crippen LogP contribution is -2.72. The van der Waals surface area contributed by atoms with E-state index in [2.05, 4.69) is 26.6 Å². The summed E-state index contributed by atoms with van der Waals surface area (Å²) in [6.45, 7) is 2.43. The van der Waals surface area contributed by atoms with Crippen LogP contribution in [0.5, 0.6) is 5.75 Å². The summed E-state index contributed by atoms with van der Waals surface area (Å²) in [5.41, 5.74) is 1.26. The van der Waals surface area contributed by atoms with Crippen molar-refractivity contribution in [2.24, 2.45) is 11.8 Å². The number of benzene rings is 2. The van der Waals surface area contributed by atoms with Crippen molar-refractivity contribution in [1.29, 1.82) is 0 Å². The first-order chi connectivity index (χ1) is 15.4.